The summed E-state index contributed by atoms with van der Waals surface area (Å²) < 4.78 is 11.3. The fourth-order valence-corrected chi connectivity index (χ4v) is 6.53. The quantitative estimate of drug-likeness (QED) is 0.796. The van der Waals surface area contributed by atoms with Gasteiger partial charge >= 0.3 is 0 Å². The molecule has 6 rings (SSSR count). The molecule has 29 heavy (non-hydrogen) atoms. The summed E-state index contributed by atoms with van der Waals surface area (Å²) in [5.74, 6) is 3.62. The minimum Gasteiger partial charge on any atom is -0.490 e. The average molecular weight is 399 g/mol. The minimum absolute atomic E-state index is 0.000356. The van der Waals surface area contributed by atoms with E-state index in [0.717, 1.165) is 24.2 Å². The van der Waals surface area contributed by atoms with Gasteiger partial charge in [-0.2, -0.15) is 0 Å². The van der Waals surface area contributed by atoms with Crippen molar-refractivity contribution >= 4 is 17.5 Å². The molecule has 0 atom stereocenters. The summed E-state index contributed by atoms with van der Waals surface area (Å²) in [5.41, 5.74) is 0.846. The van der Waals surface area contributed by atoms with Crippen LogP contribution in [0.1, 0.15) is 51.4 Å². The zero-order chi connectivity index (χ0) is 19.8. The second-order valence-corrected chi connectivity index (χ2v) is 9.63. The van der Waals surface area contributed by atoms with E-state index in [1.165, 1.54) is 38.5 Å². The van der Waals surface area contributed by atoms with Crippen LogP contribution in [0, 0.1) is 23.2 Å². The van der Waals surface area contributed by atoms with E-state index >= 15 is 0 Å². The minimum atomic E-state index is -0.224. The Kier molecular flexibility index (Phi) is 4.88. The van der Waals surface area contributed by atoms with Gasteiger partial charge in [-0.25, -0.2) is 0 Å². The Hall–Kier alpha value is -2.24. The number of hydrogen-bond donors (Lipinski definition) is 2. The van der Waals surface area contributed by atoms with Crippen LogP contribution in [-0.2, 0) is 9.59 Å². The lowest BCUT2D eigenvalue weighted by Gasteiger charge is -2.56. The fourth-order valence-electron chi connectivity index (χ4n) is 6.53. The molecular weight excluding hydrogens is 368 g/mol. The Morgan fingerprint density at radius 1 is 0.931 bits per heavy atom. The third-order valence-corrected chi connectivity index (χ3v) is 7.18. The summed E-state index contributed by atoms with van der Waals surface area (Å²) in [4.78, 5) is 24.9. The van der Waals surface area contributed by atoms with Crippen molar-refractivity contribution < 1.29 is 19.1 Å². The van der Waals surface area contributed by atoms with E-state index in [-0.39, 0.29) is 23.8 Å². The Morgan fingerprint density at radius 2 is 1.59 bits per heavy atom. The molecule has 1 aliphatic heterocycles. The Bertz CT molecular complexity index is 771. The zero-order valence-corrected chi connectivity index (χ0v) is 16.9. The molecule has 2 amide bonds. The average Bonchev–Trinajstić information content (AvgIpc) is 2.90. The van der Waals surface area contributed by atoms with Crippen molar-refractivity contribution in [2.24, 2.45) is 23.2 Å². The molecule has 0 aromatic heterocycles. The van der Waals surface area contributed by atoms with Gasteiger partial charge in [0, 0.05) is 24.6 Å². The van der Waals surface area contributed by atoms with E-state index in [2.05, 4.69) is 10.6 Å². The van der Waals surface area contributed by atoms with E-state index in [9.17, 15) is 9.59 Å². The van der Waals surface area contributed by atoms with Crippen molar-refractivity contribution in [2.75, 3.05) is 25.1 Å². The van der Waals surface area contributed by atoms with Crippen LogP contribution >= 0.6 is 0 Å². The molecule has 4 saturated carbocycles. The van der Waals surface area contributed by atoms with Crippen molar-refractivity contribution in [3.63, 3.8) is 0 Å². The van der Waals surface area contributed by atoms with Crippen molar-refractivity contribution in [3.8, 4) is 11.5 Å². The van der Waals surface area contributed by atoms with Gasteiger partial charge in [0.25, 0.3) is 0 Å². The zero-order valence-electron chi connectivity index (χ0n) is 16.9. The summed E-state index contributed by atoms with van der Waals surface area (Å²) >= 11 is 0. The first-order valence-corrected chi connectivity index (χ1v) is 11.0. The highest BCUT2D eigenvalue weighted by Crippen LogP contribution is 2.61. The number of hydrogen-bond acceptors (Lipinski definition) is 4. The van der Waals surface area contributed by atoms with Gasteiger partial charge in [-0.15, -0.1) is 0 Å². The summed E-state index contributed by atoms with van der Waals surface area (Å²) in [6.45, 7) is 1.24. The smallest absolute Gasteiger partial charge is 0.243 e. The largest absolute Gasteiger partial charge is 0.490 e. The van der Waals surface area contributed by atoms with Crippen LogP contribution in [0.25, 0.3) is 0 Å². The highest BCUT2D eigenvalue weighted by Gasteiger charge is 2.51. The van der Waals surface area contributed by atoms with Crippen LogP contribution in [0.15, 0.2) is 18.2 Å². The van der Waals surface area contributed by atoms with Gasteiger partial charge in [-0.3, -0.25) is 9.59 Å². The van der Waals surface area contributed by atoms with Crippen LogP contribution in [-0.4, -0.2) is 31.6 Å². The molecule has 6 nitrogen and oxygen atoms in total. The van der Waals surface area contributed by atoms with Crippen LogP contribution in [0.4, 0.5) is 5.69 Å². The molecule has 6 heteroatoms. The third-order valence-electron chi connectivity index (χ3n) is 7.18. The fraction of sp³-hybridized carbons (Fsp3) is 0.652. The number of ether oxygens (including phenoxy) is 2. The van der Waals surface area contributed by atoms with E-state index < -0.39 is 0 Å². The third kappa shape index (κ3) is 4.07. The Labute approximate surface area is 171 Å². The van der Waals surface area contributed by atoms with Gasteiger partial charge in [0.1, 0.15) is 0 Å². The van der Waals surface area contributed by atoms with E-state index in [1.54, 1.807) is 12.1 Å². The normalized spacial score (nSPS) is 31.8. The molecule has 4 bridgehead atoms. The van der Waals surface area contributed by atoms with Crippen molar-refractivity contribution in [3.05, 3.63) is 18.2 Å². The van der Waals surface area contributed by atoms with E-state index in [1.807, 2.05) is 6.07 Å². The summed E-state index contributed by atoms with van der Waals surface area (Å²) in [6, 6.07) is 5.38. The maximum atomic E-state index is 12.6. The number of carbonyl (C=O) groups excluding carboxylic acids is 2. The van der Waals surface area contributed by atoms with Gasteiger partial charge in [0.05, 0.1) is 19.8 Å². The maximum absolute atomic E-state index is 12.6. The van der Waals surface area contributed by atoms with E-state index in [4.69, 9.17) is 9.47 Å². The van der Waals surface area contributed by atoms with Crippen molar-refractivity contribution in [1.82, 2.24) is 5.32 Å². The number of rotatable bonds is 5. The number of fused-ring (bicyclic) bond motifs is 1. The van der Waals surface area contributed by atoms with Crippen molar-refractivity contribution in [1.29, 1.82) is 0 Å². The van der Waals surface area contributed by atoms with Gasteiger partial charge < -0.3 is 20.1 Å². The number of carbonyl (C=O) groups is 2. The second-order valence-electron chi connectivity index (χ2n) is 9.63. The molecule has 1 aromatic rings. The first-order valence-electron chi connectivity index (χ1n) is 11.0. The highest BCUT2D eigenvalue weighted by molar-refractivity contribution is 5.94. The standard InChI is InChI=1S/C23H30N2O4/c26-21(13-23-10-15-6-16(11-23)8-17(7-15)12-23)24-14-22(27)25-18-2-3-19-20(9-18)29-5-1-4-28-19/h2-3,9,15-17H,1,4-8,10-14H2,(H,24,26)(H,25,27). The molecule has 0 saturated heterocycles. The number of benzene rings is 1. The lowest BCUT2D eigenvalue weighted by molar-refractivity contribution is -0.131. The Morgan fingerprint density at radius 3 is 2.28 bits per heavy atom. The molecule has 4 aliphatic carbocycles. The summed E-state index contributed by atoms with van der Waals surface area (Å²) in [5, 5.41) is 5.68. The molecular formula is C23H30N2O4. The molecule has 4 fully saturated rings. The Balaban J connectivity index is 1.12. The first-order chi connectivity index (χ1) is 14.1. The van der Waals surface area contributed by atoms with Crippen molar-refractivity contribution in [2.45, 2.75) is 51.4 Å². The van der Waals surface area contributed by atoms with Gasteiger partial charge in [0.2, 0.25) is 11.8 Å². The molecule has 2 N–H and O–H groups in total. The van der Waals surface area contributed by atoms with Gasteiger partial charge in [-0.05, 0) is 73.8 Å². The van der Waals surface area contributed by atoms with Crippen LogP contribution in [0.5, 0.6) is 11.5 Å². The van der Waals surface area contributed by atoms with Crippen LogP contribution in [0.2, 0.25) is 0 Å². The second kappa shape index (κ2) is 7.54. The molecule has 156 valence electrons. The molecule has 5 aliphatic rings. The summed E-state index contributed by atoms with van der Waals surface area (Å²) in [7, 11) is 0. The number of amides is 2. The first kappa shape index (κ1) is 18.8. The topological polar surface area (TPSA) is 76.7 Å². The van der Waals surface area contributed by atoms with Crippen LogP contribution in [0.3, 0.4) is 0 Å². The molecule has 1 aromatic carbocycles. The lowest BCUT2D eigenvalue weighted by atomic mass is 9.49. The number of nitrogens with one attached hydrogen (secondary N) is 2. The molecule has 1 heterocycles. The molecule has 0 unspecified atom stereocenters. The lowest BCUT2D eigenvalue weighted by Crippen LogP contribution is -2.48. The summed E-state index contributed by atoms with van der Waals surface area (Å²) in [6.07, 6.45) is 9.15. The number of anilines is 1. The highest BCUT2D eigenvalue weighted by atomic mass is 16.5. The monoisotopic (exact) mass is 398 g/mol. The van der Waals surface area contributed by atoms with Gasteiger partial charge in [-0.1, -0.05) is 0 Å². The van der Waals surface area contributed by atoms with Crippen LogP contribution < -0.4 is 20.1 Å². The SMILES string of the molecule is O=C(CC12CC3CC(CC(C3)C1)C2)NCC(=O)Nc1ccc2c(c1)OCCCO2. The predicted molar refractivity (Wildman–Crippen MR) is 109 cm³/mol. The maximum Gasteiger partial charge on any atom is 0.243 e. The van der Waals surface area contributed by atoms with E-state index in [0.29, 0.717) is 36.8 Å². The molecule has 0 radical (unpaired) electrons. The predicted octanol–water partition coefficient (Wildman–Crippen LogP) is 3.51. The molecule has 0 spiro atoms. The van der Waals surface area contributed by atoms with Gasteiger partial charge in [0.15, 0.2) is 11.5 Å².